The van der Waals surface area contributed by atoms with E-state index in [9.17, 15) is 26.3 Å². The van der Waals surface area contributed by atoms with Crippen molar-refractivity contribution in [2.75, 3.05) is 0 Å². The molecule has 0 nitrogen and oxygen atoms in total. The molecule has 8 rings (SSSR count). The molecule has 0 atom stereocenters. The van der Waals surface area contributed by atoms with E-state index >= 15 is 0 Å². The predicted octanol–water partition coefficient (Wildman–Crippen LogP) is 14.8. The molecule has 0 heterocycles. The molecule has 0 amide bonds. The van der Waals surface area contributed by atoms with E-state index in [0.29, 0.717) is 11.1 Å². The van der Waals surface area contributed by atoms with E-state index in [-0.39, 0.29) is 11.1 Å². The molecular weight excluding hydrogens is 727 g/mol. The molecule has 6 heteroatoms. The first-order valence-electron chi connectivity index (χ1n) is 18.4. The second-order valence-electron chi connectivity index (χ2n) is 13.9. The Balaban J connectivity index is 1.36. The molecule has 0 saturated heterocycles. The summed E-state index contributed by atoms with van der Waals surface area (Å²) in [5.41, 5.74) is 5.70. The summed E-state index contributed by atoms with van der Waals surface area (Å²) in [5, 5.41) is 0. The normalized spacial score (nSPS) is 12.0. The fourth-order valence-corrected chi connectivity index (χ4v) is 7.85. The molecule has 0 unspecified atom stereocenters. The van der Waals surface area contributed by atoms with Crippen molar-refractivity contribution in [2.24, 2.45) is 0 Å². The van der Waals surface area contributed by atoms with Gasteiger partial charge in [0.15, 0.2) is 0 Å². The summed E-state index contributed by atoms with van der Waals surface area (Å²) in [7, 11) is 0. The molecule has 0 aromatic heterocycles. The van der Waals surface area contributed by atoms with Gasteiger partial charge in [0.05, 0.1) is 16.5 Å². The van der Waals surface area contributed by atoms with E-state index in [1.54, 1.807) is 36.4 Å². The number of rotatable bonds is 8. The molecule has 0 saturated carbocycles. The van der Waals surface area contributed by atoms with Crippen molar-refractivity contribution in [1.29, 1.82) is 0 Å². The van der Waals surface area contributed by atoms with Crippen LogP contribution in [0, 0.1) is 0 Å². The van der Waals surface area contributed by atoms with Gasteiger partial charge in [0.25, 0.3) is 0 Å². The van der Waals surface area contributed by atoms with Gasteiger partial charge < -0.3 is 0 Å². The Morgan fingerprint density at radius 3 is 0.772 bits per heavy atom. The number of hydrogen-bond donors (Lipinski definition) is 0. The standard InChI is InChI=1S/C51H34F6/c52-50(53,54)47-17-9-7-15-45(47)39-23-31-43(32-24-39)49(41-27-19-37(20-28-41)35-11-3-1-4-12-35,42-29-21-38(22-30-42)36-13-5-2-6-14-36)44-33-25-40(26-34-44)46-16-8-10-18-48(46)51(55,56)57/h1-34H. The quantitative estimate of drug-likeness (QED) is 0.107. The number of halogens is 6. The van der Waals surface area contributed by atoms with Crippen molar-refractivity contribution >= 4 is 0 Å². The lowest BCUT2D eigenvalue weighted by Crippen LogP contribution is -2.31. The third-order valence-corrected chi connectivity index (χ3v) is 10.6. The van der Waals surface area contributed by atoms with Gasteiger partial charge in [0.1, 0.15) is 0 Å². The van der Waals surface area contributed by atoms with Crippen LogP contribution in [-0.4, -0.2) is 0 Å². The van der Waals surface area contributed by atoms with E-state index < -0.39 is 28.9 Å². The summed E-state index contributed by atoms with van der Waals surface area (Å²) in [6.45, 7) is 0. The second-order valence-corrected chi connectivity index (χ2v) is 13.9. The highest BCUT2D eigenvalue weighted by atomic mass is 19.4. The average Bonchev–Trinajstić information content (AvgIpc) is 3.25. The summed E-state index contributed by atoms with van der Waals surface area (Å²) in [4.78, 5) is 0. The van der Waals surface area contributed by atoms with E-state index in [2.05, 4.69) is 0 Å². The minimum atomic E-state index is -4.55. The highest BCUT2D eigenvalue weighted by Gasteiger charge is 2.40. The zero-order valence-electron chi connectivity index (χ0n) is 30.4. The van der Waals surface area contributed by atoms with Gasteiger partial charge in [-0.05, 0) is 78.9 Å². The van der Waals surface area contributed by atoms with Gasteiger partial charge in [0, 0.05) is 0 Å². The van der Waals surface area contributed by atoms with Crippen LogP contribution in [0.3, 0.4) is 0 Å². The van der Waals surface area contributed by atoms with E-state index in [1.165, 1.54) is 24.3 Å². The molecule has 0 aliphatic rings. The SMILES string of the molecule is FC(F)(F)c1ccccc1-c1ccc(C(c2ccc(-c3ccccc3)cc2)(c2ccc(-c3ccccc3)cc2)c2ccc(-c3ccccc3C(F)(F)F)cc2)cc1. The Morgan fingerprint density at radius 1 is 0.228 bits per heavy atom. The van der Waals surface area contributed by atoms with Crippen molar-refractivity contribution in [3.8, 4) is 44.5 Å². The highest BCUT2D eigenvalue weighted by Crippen LogP contribution is 2.48. The van der Waals surface area contributed by atoms with Gasteiger partial charge in [-0.3, -0.25) is 0 Å². The van der Waals surface area contributed by atoms with Crippen molar-refractivity contribution in [2.45, 2.75) is 17.8 Å². The third-order valence-electron chi connectivity index (χ3n) is 10.6. The van der Waals surface area contributed by atoms with E-state index in [0.717, 1.165) is 56.6 Å². The average molecular weight is 761 g/mol. The van der Waals surface area contributed by atoms with Crippen LogP contribution in [0.4, 0.5) is 26.3 Å². The van der Waals surface area contributed by atoms with Crippen molar-refractivity contribution < 1.29 is 26.3 Å². The zero-order chi connectivity index (χ0) is 39.6. The van der Waals surface area contributed by atoms with Crippen molar-refractivity contribution in [1.82, 2.24) is 0 Å². The lowest BCUT2D eigenvalue weighted by Gasteiger charge is -2.37. The van der Waals surface area contributed by atoms with Gasteiger partial charge in [-0.15, -0.1) is 0 Å². The molecule has 8 aromatic carbocycles. The first-order chi connectivity index (χ1) is 27.5. The van der Waals surface area contributed by atoms with Crippen LogP contribution in [-0.2, 0) is 17.8 Å². The largest absolute Gasteiger partial charge is 0.417 e. The Morgan fingerprint density at radius 2 is 0.474 bits per heavy atom. The highest BCUT2D eigenvalue weighted by molar-refractivity contribution is 5.74. The number of benzene rings is 8. The molecular formula is C51H34F6. The summed E-state index contributed by atoms with van der Waals surface area (Å²) in [5.74, 6) is 0. The van der Waals surface area contributed by atoms with Crippen LogP contribution in [0.2, 0.25) is 0 Å². The predicted molar refractivity (Wildman–Crippen MR) is 216 cm³/mol. The van der Waals surface area contributed by atoms with E-state index in [4.69, 9.17) is 0 Å². The maximum atomic E-state index is 14.2. The van der Waals surface area contributed by atoms with Gasteiger partial charge >= 0.3 is 12.4 Å². The van der Waals surface area contributed by atoms with Crippen LogP contribution in [0.1, 0.15) is 33.4 Å². The van der Waals surface area contributed by atoms with Gasteiger partial charge in [-0.1, -0.05) is 194 Å². The number of alkyl halides is 6. The minimum absolute atomic E-state index is 0.0641. The maximum Gasteiger partial charge on any atom is 0.417 e. The molecule has 0 spiro atoms. The van der Waals surface area contributed by atoms with E-state index in [1.807, 2.05) is 133 Å². The summed E-state index contributed by atoms with van der Waals surface area (Å²) in [6, 6.07) is 61.5. The first kappa shape index (κ1) is 37.3. The Labute approximate surface area is 327 Å². The van der Waals surface area contributed by atoms with Crippen LogP contribution in [0.5, 0.6) is 0 Å². The minimum Gasteiger partial charge on any atom is -0.166 e. The maximum absolute atomic E-state index is 14.2. The Bertz CT molecular complexity index is 2400. The lowest BCUT2D eigenvalue weighted by atomic mass is 9.64. The fraction of sp³-hybridized carbons (Fsp3) is 0.0588. The molecule has 8 aromatic rings. The fourth-order valence-electron chi connectivity index (χ4n) is 7.85. The molecule has 0 fully saturated rings. The second kappa shape index (κ2) is 15.1. The Kier molecular flexibility index (Phi) is 9.88. The van der Waals surface area contributed by atoms with Crippen molar-refractivity contribution in [3.63, 3.8) is 0 Å². The third kappa shape index (κ3) is 7.27. The summed E-state index contributed by atoms with van der Waals surface area (Å²) < 4.78 is 85.0. The molecule has 0 N–H and O–H groups in total. The zero-order valence-corrected chi connectivity index (χ0v) is 30.4. The molecule has 0 aliphatic carbocycles. The molecule has 0 aliphatic heterocycles. The molecule has 0 radical (unpaired) electrons. The van der Waals surface area contributed by atoms with Crippen molar-refractivity contribution in [3.05, 3.63) is 240 Å². The molecule has 57 heavy (non-hydrogen) atoms. The number of hydrogen-bond acceptors (Lipinski definition) is 0. The van der Waals surface area contributed by atoms with Crippen LogP contribution in [0.25, 0.3) is 44.5 Å². The monoisotopic (exact) mass is 760 g/mol. The smallest absolute Gasteiger partial charge is 0.166 e. The van der Waals surface area contributed by atoms with Crippen LogP contribution < -0.4 is 0 Å². The lowest BCUT2D eigenvalue weighted by molar-refractivity contribution is -0.137. The summed E-state index contributed by atoms with van der Waals surface area (Å²) >= 11 is 0. The Hall–Kier alpha value is -6.66. The van der Waals surface area contributed by atoms with Crippen LogP contribution in [0.15, 0.2) is 206 Å². The van der Waals surface area contributed by atoms with Gasteiger partial charge in [0.2, 0.25) is 0 Å². The van der Waals surface area contributed by atoms with Gasteiger partial charge in [-0.2, -0.15) is 26.3 Å². The van der Waals surface area contributed by atoms with Gasteiger partial charge in [-0.25, -0.2) is 0 Å². The summed E-state index contributed by atoms with van der Waals surface area (Å²) in [6.07, 6.45) is -9.10. The topological polar surface area (TPSA) is 0 Å². The first-order valence-corrected chi connectivity index (χ1v) is 18.4. The molecule has 0 bridgehead atoms. The molecule has 280 valence electrons. The van der Waals surface area contributed by atoms with Crippen LogP contribution >= 0.6 is 0 Å².